The van der Waals surface area contributed by atoms with Gasteiger partial charge in [0.15, 0.2) is 0 Å². The van der Waals surface area contributed by atoms with Crippen molar-refractivity contribution in [3.63, 3.8) is 0 Å². The van der Waals surface area contributed by atoms with Crippen molar-refractivity contribution in [2.24, 2.45) is 0 Å². The molecule has 7 heteroatoms. The van der Waals surface area contributed by atoms with Gasteiger partial charge in [-0.2, -0.15) is 0 Å². The van der Waals surface area contributed by atoms with Gasteiger partial charge in [0.1, 0.15) is 0 Å². The lowest BCUT2D eigenvalue weighted by Crippen LogP contribution is -2.13. The molecule has 0 saturated heterocycles. The number of anilines is 2. The molecule has 0 spiro atoms. The SMILES string of the molecule is CC(=O)Nc1ccc(NC(=O)c2ccccc2SCc2csc(C)n2)cc1. The summed E-state index contributed by atoms with van der Waals surface area (Å²) in [5.41, 5.74) is 3.01. The van der Waals surface area contributed by atoms with E-state index < -0.39 is 0 Å². The number of nitrogens with one attached hydrogen (secondary N) is 2. The molecule has 2 aromatic carbocycles. The maximum Gasteiger partial charge on any atom is 0.256 e. The number of nitrogens with zero attached hydrogens (tertiary/aromatic N) is 1. The van der Waals surface area contributed by atoms with Crippen molar-refractivity contribution in [3.8, 4) is 0 Å². The highest BCUT2D eigenvalue weighted by molar-refractivity contribution is 7.98. The number of carbonyl (C=O) groups excluding carboxylic acids is 2. The van der Waals surface area contributed by atoms with Gasteiger partial charge in [-0.05, 0) is 43.3 Å². The second-order valence-electron chi connectivity index (χ2n) is 5.86. The standard InChI is InChI=1S/C20H19N3O2S2/c1-13(24)21-15-7-9-16(10-8-15)23-20(25)18-5-3-4-6-19(18)27-12-17-11-26-14(2)22-17/h3-11H,12H2,1-2H3,(H,21,24)(H,23,25). The van der Waals surface area contributed by atoms with Gasteiger partial charge >= 0.3 is 0 Å². The highest BCUT2D eigenvalue weighted by Crippen LogP contribution is 2.27. The number of thioether (sulfide) groups is 1. The molecule has 138 valence electrons. The van der Waals surface area contributed by atoms with E-state index in [-0.39, 0.29) is 11.8 Å². The van der Waals surface area contributed by atoms with Crippen LogP contribution in [0.3, 0.4) is 0 Å². The molecule has 0 radical (unpaired) electrons. The third-order valence-corrected chi connectivity index (χ3v) is 5.57. The minimum atomic E-state index is -0.167. The van der Waals surface area contributed by atoms with Gasteiger partial charge in [-0.15, -0.1) is 23.1 Å². The van der Waals surface area contributed by atoms with Crippen LogP contribution in [0.4, 0.5) is 11.4 Å². The Balaban J connectivity index is 1.68. The fourth-order valence-corrected chi connectivity index (χ4v) is 4.11. The zero-order valence-corrected chi connectivity index (χ0v) is 16.6. The maximum atomic E-state index is 12.7. The normalized spacial score (nSPS) is 10.4. The van der Waals surface area contributed by atoms with E-state index >= 15 is 0 Å². The molecule has 1 aromatic heterocycles. The van der Waals surface area contributed by atoms with Crippen molar-refractivity contribution in [2.45, 2.75) is 24.5 Å². The molecule has 0 atom stereocenters. The Bertz CT molecular complexity index is 952. The molecule has 3 aromatic rings. The van der Waals surface area contributed by atoms with E-state index in [1.165, 1.54) is 6.92 Å². The molecule has 0 aliphatic carbocycles. The fourth-order valence-electron chi connectivity index (χ4n) is 2.44. The average Bonchev–Trinajstić information content (AvgIpc) is 3.07. The molecule has 0 fully saturated rings. The predicted octanol–water partition coefficient (Wildman–Crippen LogP) is 4.95. The molecule has 5 nitrogen and oxygen atoms in total. The Morgan fingerprint density at radius 1 is 1.04 bits per heavy atom. The van der Waals surface area contributed by atoms with Gasteiger partial charge in [0, 0.05) is 34.3 Å². The minimum Gasteiger partial charge on any atom is -0.326 e. The third kappa shape index (κ3) is 5.42. The van der Waals surface area contributed by atoms with E-state index in [0.717, 1.165) is 21.3 Å². The summed E-state index contributed by atoms with van der Waals surface area (Å²) in [6, 6.07) is 14.6. The van der Waals surface area contributed by atoms with Crippen LogP contribution >= 0.6 is 23.1 Å². The molecule has 2 amide bonds. The largest absolute Gasteiger partial charge is 0.326 e. The number of aryl methyl sites for hydroxylation is 1. The van der Waals surface area contributed by atoms with Gasteiger partial charge in [0.05, 0.1) is 16.3 Å². The zero-order chi connectivity index (χ0) is 19.2. The molecular formula is C20H19N3O2S2. The van der Waals surface area contributed by atoms with Crippen LogP contribution in [0.15, 0.2) is 58.8 Å². The van der Waals surface area contributed by atoms with Gasteiger partial charge in [0.2, 0.25) is 5.91 Å². The first-order valence-corrected chi connectivity index (χ1v) is 10.2. The molecule has 0 aliphatic rings. The van der Waals surface area contributed by atoms with Crippen LogP contribution in [0.5, 0.6) is 0 Å². The number of thiazole rings is 1. The predicted molar refractivity (Wildman–Crippen MR) is 112 cm³/mol. The molecule has 0 saturated carbocycles. The highest BCUT2D eigenvalue weighted by Gasteiger charge is 2.12. The van der Waals surface area contributed by atoms with E-state index in [9.17, 15) is 9.59 Å². The van der Waals surface area contributed by atoms with Gasteiger partial charge in [-0.25, -0.2) is 4.98 Å². The number of aromatic nitrogens is 1. The van der Waals surface area contributed by atoms with E-state index in [2.05, 4.69) is 15.6 Å². The molecule has 3 rings (SSSR count). The quantitative estimate of drug-likeness (QED) is 0.577. The van der Waals surface area contributed by atoms with E-state index in [0.29, 0.717) is 16.9 Å². The van der Waals surface area contributed by atoms with Crippen LogP contribution in [0.1, 0.15) is 28.0 Å². The summed E-state index contributed by atoms with van der Waals surface area (Å²) in [4.78, 5) is 29.2. The van der Waals surface area contributed by atoms with Gasteiger partial charge < -0.3 is 10.6 Å². The average molecular weight is 398 g/mol. The Morgan fingerprint density at radius 3 is 2.33 bits per heavy atom. The maximum absolute atomic E-state index is 12.7. The van der Waals surface area contributed by atoms with E-state index in [1.807, 2.05) is 36.6 Å². The number of hydrogen-bond acceptors (Lipinski definition) is 5. The summed E-state index contributed by atoms with van der Waals surface area (Å²) in [7, 11) is 0. The van der Waals surface area contributed by atoms with Crippen LogP contribution in [0.2, 0.25) is 0 Å². The lowest BCUT2D eigenvalue weighted by Gasteiger charge is -2.10. The molecule has 1 heterocycles. The van der Waals surface area contributed by atoms with Gasteiger partial charge in [-0.1, -0.05) is 12.1 Å². The Morgan fingerprint density at radius 2 is 1.70 bits per heavy atom. The van der Waals surface area contributed by atoms with Crippen LogP contribution in [-0.4, -0.2) is 16.8 Å². The number of benzene rings is 2. The smallest absolute Gasteiger partial charge is 0.256 e. The number of carbonyl (C=O) groups is 2. The number of rotatable bonds is 6. The second-order valence-corrected chi connectivity index (χ2v) is 7.93. The van der Waals surface area contributed by atoms with Gasteiger partial charge in [-0.3, -0.25) is 9.59 Å². The van der Waals surface area contributed by atoms with E-state index in [1.54, 1.807) is 47.4 Å². The van der Waals surface area contributed by atoms with Crippen molar-refractivity contribution in [3.05, 3.63) is 70.2 Å². The summed E-state index contributed by atoms with van der Waals surface area (Å²) in [6.45, 7) is 3.44. The minimum absolute atomic E-state index is 0.131. The third-order valence-electron chi connectivity index (χ3n) is 3.64. The first-order chi connectivity index (χ1) is 13.0. The van der Waals surface area contributed by atoms with Gasteiger partial charge in [0.25, 0.3) is 5.91 Å². The van der Waals surface area contributed by atoms with Crippen molar-refractivity contribution < 1.29 is 9.59 Å². The summed E-state index contributed by atoms with van der Waals surface area (Å²) in [6.07, 6.45) is 0. The molecule has 27 heavy (non-hydrogen) atoms. The van der Waals surface area contributed by atoms with Crippen molar-refractivity contribution in [1.82, 2.24) is 4.98 Å². The van der Waals surface area contributed by atoms with Crippen molar-refractivity contribution in [2.75, 3.05) is 10.6 Å². The molecule has 0 bridgehead atoms. The first kappa shape index (κ1) is 19.1. The Hall–Kier alpha value is -2.64. The molecule has 0 unspecified atom stereocenters. The number of amides is 2. The summed E-state index contributed by atoms with van der Waals surface area (Å²) >= 11 is 3.22. The zero-order valence-electron chi connectivity index (χ0n) is 15.0. The van der Waals surface area contributed by atoms with Crippen LogP contribution < -0.4 is 10.6 Å². The van der Waals surface area contributed by atoms with Crippen LogP contribution in [-0.2, 0) is 10.5 Å². The monoisotopic (exact) mass is 397 g/mol. The lowest BCUT2D eigenvalue weighted by molar-refractivity contribution is -0.114. The first-order valence-electron chi connectivity index (χ1n) is 8.33. The summed E-state index contributed by atoms with van der Waals surface area (Å²) in [5.74, 6) is 0.424. The topological polar surface area (TPSA) is 71.1 Å². The molecule has 2 N–H and O–H groups in total. The Kier molecular flexibility index (Phi) is 6.26. The molecular weight excluding hydrogens is 378 g/mol. The van der Waals surface area contributed by atoms with Crippen LogP contribution in [0.25, 0.3) is 0 Å². The number of hydrogen-bond donors (Lipinski definition) is 2. The summed E-state index contributed by atoms with van der Waals surface area (Å²) in [5, 5.41) is 8.69. The lowest BCUT2D eigenvalue weighted by atomic mass is 10.2. The second kappa shape index (κ2) is 8.83. The summed E-state index contributed by atoms with van der Waals surface area (Å²) < 4.78 is 0. The highest BCUT2D eigenvalue weighted by atomic mass is 32.2. The van der Waals surface area contributed by atoms with Crippen LogP contribution in [0, 0.1) is 6.92 Å². The molecule has 0 aliphatic heterocycles. The fraction of sp³-hybridized carbons (Fsp3) is 0.150. The Labute approximate surface area is 166 Å². The van der Waals surface area contributed by atoms with Crippen molar-refractivity contribution in [1.29, 1.82) is 0 Å². The van der Waals surface area contributed by atoms with Crippen molar-refractivity contribution >= 4 is 46.3 Å². The van der Waals surface area contributed by atoms with E-state index in [4.69, 9.17) is 0 Å².